The Morgan fingerprint density at radius 1 is 1.00 bits per heavy atom. The third-order valence-electron chi connectivity index (χ3n) is 4.16. The third-order valence-corrected chi connectivity index (χ3v) is 4.16. The standard InChI is InChI=1S/C18H27N3O2/c22-17(19-13-7-10-15-8-3-1-4-9-15)14-20-18(23)21-16-11-5-2-6-12-16/h1,3-4,8-9,16H,2,5-7,10-14H2,(H,19,22)(H2,20,21,23). The van der Waals surface area contributed by atoms with Gasteiger partial charge in [0.25, 0.3) is 0 Å². The Morgan fingerprint density at radius 3 is 2.48 bits per heavy atom. The van der Waals surface area contributed by atoms with Crippen molar-refractivity contribution in [3.8, 4) is 0 Å². The van der Waals surface area contributed by atoms with Gasteiger partial charge in [0, 0.05) is 12.6 Å². The number of amides is 3. The molecule has 1 aliphatic carbocycles. The number of carbonyl (C=O) groups excluding carboxylic acids is 2. The summed E-state index contributed by atoms with van der Waals surface area (Å²) in [6, 6.07) is 10.2. The van der Waals surface area contributed by atoms with Gasteiger partial charge >= 0.3 is 6.03 Å². The van der Waals surface area contributed by atoms with Crippen molar-refractivity contribution in [1.82, 2.24) is 16.0 Å². The van der Waals surface area contributed by atoms with Crippen LogP contribution in [-0.2, 0) is 11.2 Å². The highest BCUT2D eigenvalue weighted by molar-refractivity contribution is 5.83. The summed E-state index contributed by atoms with van der Waals surface area (Å²) in [6.07, 6.45) is 7.52. The van der Waals surface area contributed by atoms with Gasteiger partial charge in [-0.25, -0.2) is 4.79 Å². The molecular formula is C18H27N3O2. The zero-order valence-corrected chi connectivity index (χ0v) is 13.6. The molecule has 0 radical (unpaired) electrons. The lowest BCUT2D eigenvalue weighted by Crippen LogP contribution is -2.46. The van der Waals surface area contributed by atoms with Gasteiger partial charge in [-0.1, -0.05) is 49.6 Å². The summed E-state index contributed by atoms with van der Waals surface area (Å²) >= 11 is 0. The van der Waals surface area contributed by atoms with Crippen LogP contribution in [0.2, 0.25) is 0 Å². The number of aryl methyl sites for hydroxylation is 1. The van der Waals surface area contributed by atoms with Crippen molar-refractivity contribution in [3.63, 3.8) is 0 Å². The molecule has 1 saturated carbocycles. The van der Waals surface area contributed by atoms with Crippen LogP contribution < -0.4 is 16.0 Å². The summed E-state index contributed by atoms with van der Waals surface area (Å²) in [5.41, 5.74) is 1.27. The molecule has 2 rings (SSSR count). The molecule has 0 bridgehead atoms. The summed E-state index contributed by atoms with van der Waals surface area (Å²) in [4.78, 5) is 23.4. The summed E-state index contributed by atoms with van der Waals surface area (Å²) in [7, 11) is 0. The SMILES string of the molecule is O=C(CNC(=O)NC1CCCCC1)NCCCc1ccccc1. The van der Waals surface area contributed by atoms with Crippen LogP contribution in [0.25, 0.3) is 0 Å². The van der Waals surface area contributed by atoms with E-state index < -0.39 is 0 Å². The number of carbonyl (C=O) groups is 2. The highest BCUT2D eigenvalue weighted by Crippen LogP contribution is 2.17. The number of urea groups is 1. The molecule has 0 spiro atoms. The Labute approximate surface area is 138 Å². The fourth-order valence-electron chi connectivity index (χ4n) is 2.87. The smallest absolute Gasteiger partial charge is 0.315 e. The van der Waals surface area contributed by atoms with Gasteiger partial charge in [0.1, 0.15) is 0 Å². The van der Waals surface area contributed by atoms with Gasteiger partial charge in [0.15, 0.2) is 0 Å². The molecule has 23 heavy (non-hydrogen) atoms. The van der Waals surface area contributed by atoms with Crippen molar-refractivity contribution in [2.75, 3.05) is 13.1 Å². The molecule has 0 heterocycles. The Kier molecular flexibility index (Phi) is 7.43. The lowest BCUT2D eigenvalue weighted by atomic mass is 9.96. The first-order chi connectivity index (χ1) is 11.2. The number of benzene rings is 1. The van der Waals surface area contributed by atoms with E-state index in [1.807, 2.05) is 18.2 Å². The van der Waals surface area contributed by atoms with Crippen molar-refractivity contribution in [1.29, 1.82) is 0 Å². The van der Waals surface area contributed by atoms with Crippen molar-refractivity contribution in [2.24, 2.45) is 0 Å². The summed E-state index contributed by atoms with van der Waals surface area (Å²) in [5.74, 6) is -0.142. The number of nitrogens with one attached hydrogen (secondary N) is 3. The van der Waals surface area contributed by atoms with Crippen molar-refractivity contribution < 1.29 is 9.59 Å². The van der Waals surface area contributed by atoms with Crippen LogP contribution in [0.4, 0.5) is 4.79 Å². The van der Waals surface area contributed by atoms with Crippen LogP contribution in [0.15, 0.2) is 30.3 Å². The minimum atomic E-state index is -0.240. The van der Waals surface area contributed by atoms with Gasteiger partial charge in [-0.2, -0.15) is 0 Å². The summed E-state index contributed by atoms with van der Waals surface area (Å²) in [5, 5.41) is 8.39. The average molecular weight is 317 g/mol. The minimum Gasteiger partial charge on any atom is -0.355 e. The largest absolute Gasteiger partial charge is 0.355 e. The maximum absolute atomic E-state index is 11.7. The molecule has 0 saturated heterocycles. The van der Waals surface area contributed by atoms with Crippen LogP contribution in [0.5, 0.6) is 0 Å². The van der Waals surface area contributed by atoms with E-state index in [0.29, 0.717) is 6.54 Å². The highest BCUT2D eigenvalue weighted by atomic mass is 16.2. The molecule has 0 atom stereocenters. The maximum atomic E-state index is 11.7. The molecule has 3 amide bonds. The number of hydrogen-bond acceptors (Lipinski definition) is 2. The van der Waals surface area contributed by atoms with E-state index >= 15 is 0 Å². The molecule has 5 heteroatoms. The molecule has 1 aromatic rings. The number of rotatable bonds is 7. The number of hydrogen-bond donors (Lipinski definition) is 3. The van der Waals surface area contributed by atoms with E-state index in [0.717, 1.165) is 25.7 Å². The Morgan fingerprint density at radius 2 is 1.74 bits per heavy atom. The molecule has 0 unspecified atom stereocenters. The molecule has 0 aliphatic heterocycles. The Bertz CT molecular complexity index is 484. The second-order valence-electron chi connectivity index (χ2n) is 6.10. The predicted octanol–water partition coefficient (Wildman–Crippen LogP) is 2.37. The first kappa shape index (κ1) is 17.3. The average Bonchev–Trinajstić information content (AvgIpc) is 2.59. The highest BCUT2D eigenvalue weighted by Gasteiger charge is 2.15. The second-order valence-corrected chi connectivity index (χ2v) is 6.10. The van der Waals surface area contributed by atoms with Gasteiger partial charge in [0.05, 0.1) is 6.54 Å². The van der Waals surface area contributed by atoms with E-state index in [9.17, 15) is 9.59 Å². The quantitative estimate of drug-likeness (QED) is 0.676. The Hall–Kier alpha value is -2.04. The lowest BCUT2D eigenvalue weighted by Gasteiger charge is -2.22. The Balaban J connectivity index is 1.51. The van der Waals surface area contributed by atoms with E-state index in [1.54, 1.807) is 0 Å². The fraction of sp³-hybridized carbons (Fsp3) is 0.556. The molecule has 0 aromatic heterocycles. The van der Waals surface area contributed by atoms with Crippen LogP contribution in [0, 0.1) is 0 Å². The normalized spacial score (nSPS) is 15.0. The van der Waals surface area contributed by atoms with Crippen LogP contribution in [0.1, 0.15) is 44.1 Å². The van der Waals surface area contributed by atoms with Gasteiger partial charge in [-0.05, 0) is 31.2 Å². The molecule has 1 fully saturated rings. The molecule has 1 aliphatic rings. The van der Waals surface area contributed by atoms with Gasteiger partial charge in [0.2, 0.25) is 5.91 Å². The van der Waals surface area contributed by atoms with E-state index in [-0.39, 0.29) is 24.5 Å². The monoisotopic (exact) mass is 317 g/mol. The fourth-order valence-corrected chi connectivity index (χ4v) is 2.87. The van der Waals surface area contributed by atoms with Crippen LogP contribution >= 0.6 is 0 Å². The van der Waals surface area contributed by atoms with E-state index in [4.69, 9.17) is 0 Å². The predicted molar refractivity (Wildman–Crippen MR) is 91.2 cm³/mol. The van der Waals surface area contributed by atoms with Gasteiger partial charge in [-0.15, -0.1) is 0 Å². The third kappa shape index (κ3) is 7.17. The minimum absolute atomic E-state index is 0.0316. The van der Waals surface area contributed by atoms with Gasteiger partial charge in [-0.3, -0.25) is 4.79 Å². The zero-order chi connectivity index (χ0) is 16.3. The van der Waals surface area contributed by atoms with Crippen LogP contribution in [-0.4, -0.2) is 31.1 Å². The first-order valence-electron chi connectivity index (χ1n) is 8.59. The van der Waals surface area contributed by atoms with E-state index in [1.165, 1.54) is 24.8 Å². The molecular weight excluding hydrogens is 290 g/mol. The van der Waals surface area contributed by atoms with Gasteiger partial charge < -0.3 is 16.0 Å². The van der Waals surface area contributed by atoms with Crippen LogP contribution in [0.3, 0.4) is 0 Å². The zero-order valence-electron chi connectivity index (χ0n) is 13.6. The molecule has 1 aromatic carbocycles. The summed E-state index contributed by atoms with van der Waals surface area (Å²) in [6.45, 7) is 0.656. The first-order valence-corrected chi connectivity index (χ1v) is 8.59. The second kappa shape index (κ2) is 9.87. The van der Waals surface area contributed by atoms with Crippen molar-refractivity contribution in [3.05, 3.63) is 35.9 Å². The molecule has 3 N–H and O–H groups in total. The lowest BCUT2D eigenvalue weighted by molar-refractivity contribution is -0.120. The maximum Gasteiger partial charge on any atom is 0.315 e. The summed E-state index contributed by atoms with van der Waals surface area (Å²) < 4.78 is 0. The van der Waals surface area contributed by atoms with Crippen molar-refractivity contribution in [2.45, 2.75) is 51.0 Å². The topological polar surface area (TPSA) is 70.2 Å². The molecule has 5 nitrogen and oxygen atoms in total. The van der Waals surface area contributed by atoms with E-state index in [2.05, 4.69) is 28.1 Å². The molecule has 126 valence electrons. The van der Waals surface area contributed by atoms with Crippen molar-refractivity contribution >= 4 is 11.9 Å².